The molecule has 0 bridgehead atoms. The molecule has 1 aromatic carbocycles. The summed E-state index contributed by atoms with van der Waals surface area (Å²) in [7, 11) is 0. The number of hydrogen-bond donors (Lipinski definition) is 1. The first kappa shape index (κ1) is 10.8. The number of benzene rings is 1. The highest BCUT2D eigenvalue weighted by molar-refractivity contribution is 5.82. The van der Waals surface area contributed by atoms with Crippen LogP contribution in [0, 0.1) is 5.92 Å². The highest BCUT2D eigenvalue weighted by Crippen LogP contribution is 2.22. The number of nitrogens with zero attached hydrogens (tertiary/aromatic N) is 1. The van der Waals surface area contributed by atoms with E-state index < -0.39 is 0 Å². The van der Waals surface area contributed by atoms with Gasteiger partial charge in [0.05, 0.1) is 0 Å². The topological polar surface area (TPSA) is 19.0 Å². The molecule has 1 N–H and O–H groups in total. The van der Waals surface area contributed by atoms with Gasteiger partial charge < -0.3 is 4.98 Å². The number of para-hydroxylation sites is 1. The number of aromatic nitrogens is 1. The Morgan fingerprint density at radius 3 is 3.18 bits per heavy atom. The Morgan fingerprint density at radius 1 is 1.35 bits per heavy atom. The van der Waals surface area contributed by atoms with Crippen LogP contribution in [0.5, 0.6) is 0 Å². The van der Waals surface area contributed by atoms with Crippen LogP contribution in [0.4, 0.5) is 0 Å². The van der Waals surface area contributed by atoms with Crippen molar-refractivity contribution in [1.82, 2.24) is 9.88 Å². The summed E-state index contributed by atoms with van der Waals surface area (Å²) in [5.74, 6) is 0.853. The van der Waals surface area contributed by atoms with Gasteiger partial charge in [0.25, 0.3) is 0 Å². The lowest BCUT2D eigenvalue weighted by molar-refractivity contribution is 0.177. The lowest BCUT2D eigenvalue weighted by Crippen LogP contribution is -2.33. The largest absolute Gasteiger partial charge is 0.361 e. The van der Waals surface area contributed by atoms with Gasteiger partial charge >= 0.3 is 0 Å². The van der Waals surface area contributed by atoms with E-state index in [4.69, 9.17) is 0 Å². The molecule has 0 amide bonds. The molecule has 1 aromatic heterocycles. The van der Waals surface area contributed by atoms with Crippen LogP contribution in [-0.4, -0.2) is 23.0 Å². The van der Waals surface area contributed by atoms with Crippen LogP contribution in [-0.2, 0) is 6.54 Å². The summed E-state index contributed by atoms with van der Waals surface area (Å²) in [6.45, 7) is 5.95. The fraction of sp³-hybridized carbons (Fsp3) is 0.467. The number of fused-ring (bicyclic) bond motifs is 1. The molecule has 0 aliphatic carbocycles. The van der Waals surface area contributed by atoms with Crippen LogP contribution in [0.15, 0.2) is 30.5 Å². The average Bonchev–Trinajstić information content (AvgIpc) is 2.78. The van der Waals surface area contributed by atoms with E-state index in [1.807, 2.05) is 6.20 Å². The SMILES string of the molecule is C[C@@H]1CCCN(Cc2cccc3cc[nH]c23)C1. The quantitative estimate of drug-likeness (QED) is 0.834. The molecule has 1 fully saturated rings. The van der Waals surface area contributed by atoms with E-state index in [0.29, 0.717) is 0 Å². The van der Waals surface area contributed by atoms with Gasteiger partial charge in [0.2, 0.25) is 0 Å². The second-order valence-electron chi connectivity index (χ2n) is 5.34. The Bertz CT molecular complexity index is 500. The maximum atomic E-state index is 3.36. The Balaban J connectivity index is 1.82. The van der Waals surface area contributed by atoms with Crippen LogP contribution in [0.3, 0.4) is 0 Å². The molecule has 1 aliphatic heterocycles. The van der Waals surface area contributed by atoms with Gasteiger partial charge in [-0.15, -0.1) is 0 Å². The first-order valence-corrected chi connectivity index (χ1v) is 6.60. The number of likely N-dealkylation sites (tertiary alicyclic amines) is 1. The number of rotatable bonds is 2. The molecule has 1 aliphatic rings. The maximum Gasteiger partial charge on any atom is 0.0499 e. The minimum atomic E-state index is 0.853. The van der Waals surface area contributed by atoms with E-state index >= 15 is 0 Å². The second kappa shape index (κ2) is 4.53. The molecule has 2 nitrogen and oxygen atoms in total. The van der Waals surface area contributed by atoms with Gasteiger partial charge in [-0.2, -0.15) is 0 Å². The summed E-state index contributed by atoms with van der Waals surface area (Å²) in [5, 5.41) is 1.33. The molecule has 0 radical (unpaired) electrons. The summed E-state index contributed by atoms with van der Waals surface area (Å²) in [4.78, 5) is 5.95. The van der Waals surface area contributed by atoms with Crippen molar-refractivity contribution in [2.75, 3.05) is 13.1 Å². The summed E-state index contributed by atoms with van der Waals surface area (Å²) in [5.41, 5.74) is 2.74. The van der Waals surface area contributed by atoms with Crippen LogP contribution < -0.4 is 0 Å². The zero-order valence-corrected chi connectivity index (χ0v) is 10.4. The highest BCUT2D eigenvalue weighted by atomic mass is 15.1. The molecular formula is C15H20N2. The van der Waals surface area contributed by atoms with Gasteiger partial charge in [-0.25, -0.2) is 0 Å². The third-order valence-electron chi connectivity index (χ3n) is 3.81. The standard InChI is InChI=1S/C15H20N2/c1-12-4-3-9-17(10-12)11-14-6-2-5-13-7-8-16-15(13)14/h2,5-8,12,16H,3-4,9-11H2,1H3/t12-/m1/s1. The van der Waals surface area contributed by atoms with Crippen molar-refractivity contribution in [3.05, 3.63) is 36.0 Å². The number of aromatic amines is 1. The summed E-state index contributed by atoms with van der Waals surface area (Å²) in [6.07, 6.45) is 4.78. The molecule has 2 aromatic rings. The summed E-state index contributed by atoms with van der Waals surface area (Å²) >= 11 is 0. The molecule has 17 heavy (non-hydrogen) atoms. The second-order valence-corrected chi connectivity index (χ2v) is 5.34. The molecule has 2 heteroatoms. The monoisotopic (exact) mass is 228 g/mol. The number of hydrogen-bond acceptors (Lipinski definition) is 1. The fourth-order valence-corrected chi connectivity index (χ4v) is 2.95. The molecular weight excluding hydrogens is 208 g/mol. The summed E-state index contributed by atoms with van der Waals surface area (Å²) in [6, 6.07) is 8.74. The third kappa shape index (κ3) is 2.22. The molecule has 90 valence electrons. The van der Waals surface area contributed by atoms with Crippen LogP contribution >= 0.6 is 0 Å². The summed E-state index contributed by atoms with van der Waals surface area (Å²) < 4.78 is 0. The Labute approximate surface area is 103 Å². The van der Waals surface area contributed by atoms with Crippen molar-refractivity contribution in [3.63, 3.8) is 0 Å². The van der Waals surface area contributed by atoms with Crippen LogP contribution in [0.1, 0.15) is 25.3 Å². The van der Waals surface area contributed by atoms with Gasteiger partial charge in [-0.1, -0.05) is 25.1 Å². The molecule has 3 rings (SSSR count). The van der Waals surface area contributed by atoms with E-state index in [1.165, 1.54) is 42.4 Å². The fourth-order valence-electron chi connectivity index (χ4n) is 2.95. The van der Waals surface area contributed by atoms with E-state index in [1.54, 1.807) is 0 Å². The van der Waals surface area contributed by atoms with E-state index in [0.717, 1.165) is 12.5 Å². The predicted molar refractivity (Wildman–Crippen MR) is 72.0 cm³/mol. The van der Waals surface area contributed by atoms with Crippen molar-refractivity contribution in [3.8, 4) is 0 Å². The molecule has 1 atom stereocenters. The van der Waals surface area contributed by atoms with Gasteiger partial charge in [0.15, 0.2) is 0 Å². The number of piperidine rings is 1. The highest BCUT2D eigenvalue weighted by Gasteiger charge is 2.16. The maximum absolute atomic E-state index is 3.36. The zero-order valence-electron chi connectivity index (χ0n) is 10.4. The van der Waals surface area contributed by atoms with E-state index in [9.17, 15) is 0 Å². The van der Waals surface area contributed by atoms with Gasteiger partial charge in [-0.05, 0) is 42.3 Å². The lowest BCUT2D eigenvalue weighted by atomic mass is 9.99. The number of nitrogens with one attached hydrogen (secondary N) is 1. The molecule has 0 saturated carbocycles. The lowest BCUT2D eigenvalue weighted by Gasteiger charge is -2.30. The molecule has 1 saturated heterocycles. The molecule has 2 heterocycles. The minimum Gasteiger partial charge on any atom is -0.361 e. The van der Waals surface area contributed by atoms with Crippen molar-refractivity contribution >= 4 is 10.9 Å². The molecule has 0 unspecified atom stereocenters. The van der Waals surface area contributed by atoms with E-state index in [2.05, 4.69) is 41.1 Å². The Kier molecular flexibility index (Phi) is 2.89. The van der Waals surface area contributed by atoms with Gasteiger partial charge in [0, 0.05) is 24.8 Å². The van der Waals surface area contributed by atoms with Gasteiger partial charge in [-0.3, -0.25) is 4.90 Å². The van der Waals surface area contributed by atoms with E-state index in [-0.39, 0.29) is 0 Å². The van der Waals surface area contributed by atoms with Crippen molar-refractivity contribution in [2.45, 2.75) is 26.3 Å². The van der Waals surface area contributed by atoms with Crippen LogP contribution in [0.25, 0.3) is 10.9 Å². The average molecular weight is 228 g/mol. The molecule has 0 spiro atoms. The van der Waals surface area contributed by atoms with Crippen LogP contribution in [0.2, 0.25) is 0 Å². The Hall–Kier alpha value is -1.28. The minimum absolute atomic E-state index is 0.853. The van der Waals surface area contributed by atoms with Crippen molar-refractivity contribution in [1.29, 1.82) is 0 Å². The first-order chi connectivity index (χ1) is 8.33. The zero-order chi connectivity index (χ0) is 11.7. The van der Waals surface area contributed by atoms with Crippen molar-refractivity contribution in [2.24, 2.45) is 5.92 Å². The smallest absolute Gasteiger partial charge is 0.0499 e. The number of H-pyrrole nitrogens is 1. The normalized spacial score (nSPS) is 22.1. The first-order valence-electron chi connectivity index (χ1n) is 6.60. The van der Waals surface area contributed by atoms with Gasteiger partial charge in [0.1, 0.15) is 0 Å². The third-order valence-corrected chi connectivity index (χ3v) is 3.81. The van der Waals surface area contributed by atoms with Crippen molar-refractivity contribution < 1.29 is 0 Å². The Morgan fingerprint density at radius 2 is 2.29 bits per heavy atom. The predicted octanol–water partition coefficient (Wildman–Crippen LogP) is 3.40.